The molecular weight excluding hydrogens is 286 g/mol. The van der Waals surface area contributed by atoms with E-state index in [4.69, 9.17) is 0 Å². The van der Waals surface area contributed by atoms with Crippen molar-refractivity contribution in [3.05, 3.63) is 24.4 Å². The third kappa shape index (κ3) is 4.17. The van der Waals surface area contributed by atoms with Crippen molar-refractivity contribution < 1.29 is 8.42 Å². The highest BCUT2D eigenvalue weighted by Crippen LogP contribution is 2.19. The maximum atomic E-state index is 11.7. The number of hydrogen-bond acceptors (Lipinski definition) is 5. The average Bonchev–Trinajstić information content (AvgIpc) is 2.45. The molecule has 1 aliphatic rings. The van der Waals surface area contributed by atoms with Crippen molar-refractivity contribution in [3.63, 3.8) is 0 Å². The highest BCUT2D eigenvalue weighted by molar-refractivity contribution is 7.92. The van der Waals surface area contributed by atoms with E-state index in [-0.39, 0.29) is 0 Å². The van der Waals surface area contributed by atoms with E-state index in [1.54, 1.807) is 13.8 Å². The van der Waals surface area contributed by atoms with Gasteiger partial charge in [-0.2, -0.15) is 0 Å². The third-order valence-electron chi connectivity index (χ3n) is 4.29. The van der Waals surface area contributed by atoms with Gasteiger partial charge in [-0.05, 0) is 38.8 Å². The Morgan fingerprint density at radius 2 is 2.00 bits per heavy atom. The van der Waals surface area contributed by atoms with Gasteiger partial charge in [-0.15, -0.1) is 0 Å². The SMILES string of the molecule is CC(C)(CNC1CCN(c2ccccn2)CC1)S(C)(=O)=O. The van der Waals surface area contributed by atoms with Crippen molar-refractivity contribution in [2.75, 3.05) is 30.8 Å². The summed E-state index contributed by atoms with van der Waals surface area (Å²) in [6.07, 6.45) is 5.14. The number of piperidine rings is 1. The molecule has 2 heterocycles. The van der Waals surface area contributed by atoms with Gasteiger partial charge in [0.15, 0.2) is 9.84 Å². The molecule has 118 valence electrons. The number of sulfone groups is 1. The smallest absolute Gasteiger partial charge is 0.153 e. The molecule has 0 bridgehead atoms. The molecule has 1 fully saturated rings. The molecule has 5 nitrogen and oxygen atoms in total. The van der Waals surface area contributed by atoms with Gasteiger partial charge in [-0.1, -0.05) is 6.07 Å². The van der Waals surface area contributed by atoms with Gasteiger partial charge >= 0.3 is 0 Å². The fourth-order valence-corrected chi connectivity index (χ4v) is 2.72. The standard InChI is InChI=1S/C15H25N3O2S/c1-15(2,21(3,19)20)12-17-13-7-10-18(11-8-13)14-6-4-5-9-16-14/h4-6,9,13,17H,7-8,10-12H2,1-3H3. The number of pyridine rings is 1. The highest BCUT2D eigenvalue weighted by atomic mass is 32.2. The quantitative estimate of drug-likeness (QED) is 0.892. The molecule has 1 aliphatic heterocycles. The average molecular weight is 311 g/mol. The van der Waals surface area contributed by atoms with Crippen LogP contribution in [0.1, 0.15) is 26.7 Å². The summed E-state index contributed by atoms with van der Waals surface area (Å²) >= 11 is 0. The Bertz CT molecular complexity index is 550. The van der Waals surface area contributed by atoms with Gasteiger partial charge in [0.25, 0.3) is 0 Å². The van der Waals surface area contributed by atoms with Crippen molar-refractivity contribution in [2.24, 2.45) is 0 Å². The molecule has 1 saturated heterocycles. The zero-order valence-electron chi connectivity index (χ0n) is 13.0. The Balaban J connectivity index is 1.83. The van der Waals surface area contributed by atoms with Crippen LogP contribution in [0.15, 0.2) is 24.4 Å². The first kappa shape index (κ1) is 16.2. The minimum atomic E-state index is -3.04. The van der Waals surface area contributed by atoms with Crippen LogP contribution in [0.4, 0.5) is 5.82 Å². The first-order chi connectivity index (χ1) is 9.79. The van der Waals surface area contributed by atoms with Crippen molar-refractivity contribution in [1.82, 2.24) is 10.3 Å². The van der Waals surface area contributed by atoms with Crippen molar-refractivity contribution >= 4 is 15.7 Å². The second kappa shape index (κ2) is 6.32. The largest absolute Gasteiger partial charge is 0.357 e. The Morgan fingerprint density at radius 3 is 2.52 bits per heavy atom. The highest BCUT2D eigenvalue weighted by Gasteiger charge is 2.31. The Morgan fingerprint density at radius 1 is 1.33 bits per heavy atom. The summed E-state index contributed by atoms with van der Waals surface area (Å²) in [4.78, 5) is 6.65. The summed E-state index contributed by atoms with van der Waals surface area (Å²) in [5.74, 6) is 1.02. The molecular formula is C15H25N3O2S. The van der Waals surface area contributed by atoms with Gasteiger partial charge in [0.05, 0.1) is 4.75 Å². The zero-order chi connectivity index (χ0) is 15.5. The molecule has 0 atom stereocenters. The monoisotopic (exact) mass is 311 g/mol. The number of nitrogens with one attached hydrogen (secondary N) is 1. The lowest BCUT2D eigenvalue weighted by Crippen LogP contribution is -2.49. The predicted molar refractivity (Wildman–Crippen MR) is 86.4 cm³/mol. The lowest BCUT2D eigenvalue weighted by atomic mass is 10.0. The maximum Gasteiger partial charge on any atom is 0.153 e. The number of hydrogen-bond donors (Lipinski definition) is 1. The molecule has 0 amide bonds. The third-order valence-corrected chi connectivity index (χ3v) is 6.44. The van der Waals surface area contributed by atoms with E-state index in [1.807, 2.05) is 24.4 Å². The molecule has 21 heavy (non-hydrogen) atoms. The molecule has 2 rings (SSSR count). The van der Waals surface area contributed by atoms with Gasteiger partial charge in [0.1, 0.15) is 5.82 Å². The molecule has 0 aliphatic carbocycles. The van der Waals surface area contributed by atoms with Crippen LogP contribution < -0.4 is 10.2 Å². The Hall–Kier alpha value is -1.14. The Kier molecular flexibility index (Phi) is 4.88. The summed E-state index contributed by atoms with van der Waals surface area (Å²) in [6, 6.07) is 6.33. The molecule has 0 aromatic carbocycles. The number of rotatable bonds is 5. The summed E-state index contributed by atoms with van der Waals surface area (Å²) in [6.45, 7) is 5.96. The zero-order valence-corrected chi connectivity index (χ0v) is 13.9. The fraction of sp³-hybridized carbons (Fsp3) is 0.667. The Labute approximate surface area is 127 Å². The second-order valence-corrected chi connectivity index (χ2v) is 9.01. The summed E-state index contributed by atoms with van der Waals surface area (Å²) in [7, 11) is -3.04. The van der Waals surface area contributed by atoms with Crippen LogP contribution in [0.3, 0.4) is 0 Å². The van der Waals surface area contributed by atoms with E-state index in [2.05, 4.69) is 15.2 Å². The lowest BCUT2D eigenvalue weighted by molar-refractivity contribution is 0.395. The van der Waals surface area contributed by atoms with E-state index in [1.165, 1.54) is 6.26 Å². The van der Waals surface area contributed by atoms with E-state index >= 15 is 0 Å². The van der Waals surface area contributed by atoms with Gasteiger partial charge < -0.3 is 10.2 Å². The van der Waals surface area contributed by atoms with Crippen molar-refractivity contribution in [2.45, 2.75) is 37.5 Å². The molecule has 0 spiro atoms. The van der Waals surface area contributed by atoms with Crippen LogP contribution >= 0.6 is 0 Å². The second-order valence-electron chi connectivity index (χ2n) is 6.36. The number of anilines is 1. The minimum Gasteiger partial charge on any atom is -0.357 e. The van der Waals surface area contributed by atoms with Gasteiger partial charge in [0.2, 0.25) is 0 Å². The lowest BCUT2D eigenvalue weighted by Gasteiger charge is -2.35. The van der Waals surface area contributed by atoms with E-state index < -0.39 is 14.6 Å². The topological polar surface area (TPSA) is 62.3 Å². The fourth-order valence-electron chi connectivity index (χ4n) is 2.37. The minimum absolute atomic E-state index is 0.381. The summed E-state index contributed by atoms with van der Waals surface area (Å²) in [5.41, 5.74) is 0. The predicted octanol–water partition coefficient (Wildman–Crippen LogP) is 1.46. The molecule has 0 radical (unpaired) electrons. The van der Waals surface area contributed by atoms with Gasteiger partial charge in [-0.25, -0.2) is 13.4 Å². The van der Waals surface area contributed by atoms with Crippen molar-refractivity contribution in [3.8, 4) is 0 Å². The van der Waals surface area contributed by atoms with Gasteiger partial charge in [-0.3, -0.25) is 0 Å². The maximum absolute atomic E-state index is 11.7. The van der Waals surface area contributed by atoms with E-state index in [0.717, 1.165) is 31.7 Å². The molecule has 1 aromatic heterocycles. The molecule has 0 unspecified atom stereocenters. The first-order valence-electron chi connectivity index (χ1n) is 7.38. The molecule has 1 aromatic rings. The van der Waals surface area contributed by atoms with Gasteiger partial charge in [0, 0.05) is 38.1 Å². The number of aromatic nitrogens is 1. The normalized spacial score (nSPS) is 18.0. The first-order valence-corrected chi connectivity index (χ1v) is 9.28. The van der Waals surface area contributed by atoms with Crippen LogP contribution in [0.5, 0.6) is 0 Å². The molecule has 0 saturated carbocycles. The van der Waals surface area contributed by atoms with Crippen LogP contribution in [0.2, 0.25) is 0 Å². The van der Waals surface area contributed by atoms with Crippen LogP contribution in [-0.2, 0) is 9.84 Å². The molecule has 1 N–H and O–H groups in total. The van der Waals surface area contributed by atoms with Crippen LogP contribution in [0, 0.1) is 0 Å². The number of nitrogens with zero attached hydrogens (tertiary/aromatic N) is 2. The van der Waals surface area contributed by atoms with E-state index in [0.29, 0.717) is 12.6 Å². The molecule has 6 heteroatoms. The van der Waals surface area contributed by atoms with Crippen molar-refractivity contribution in [1.29, 1.82) is 0 Å². The van der Waals surface area contributed by atoms with E-state index in [9.17, 15) is 8.42 Å². The summed E-state index contributed by atoms with van der Waals surface area (Å²) in [5, 5.41) is 3.41. The van der Waals surface area contributed by atoms with Crippen LogP contribution in [0.25, 0.3) is 0 Å². The van der Waals surface area contributed by atoms with Crippen LogP contribution in [-0.4, -0.2) is 50.1 Å². The summed E-state index contributed by atoms with van der Waals surface area (Å²) < 4.78 is 22.7.